The molecule has 0 amide bonds. The van der Waals surface area contributed by atoms with Crippen LogP contribution in [0.4, 0.5) is 0 Å². The third kappa shape index (κ3) is 2.03. The molecule has 3 N–H and O–H groups in total. The van der Waals surface area contributed by atoms with E-state index in [-0.39, 0.29) is 12.0 Å². The fourth-order valence-corrected chi connectivity index (χ4v) is 1.85. The van der Waals surface area contributed by atoms with Crippen LogP contribution in [-0.2, 0) is 5.41 Å². The van der Waals surface area contributed by atoms with E-state index >= 15 is 0 Å². The molecule has 2 rings (SSSR count). The summed E-state index contributed by atoms with van der Waals surface area (Å²) >= 11 is 0. The number of nitrogens with zero attached hydrogens (tertiary/aromatic N) is 3. The molecule has 5 nitrogen and oxygen atoms in total. The Kier molecular flexibility index (Phi) is 2.89. The Bertz CT molecular complexity index is 527. The van der Waals surface area contributed by atoms with Gasteiger partial charge < -0.3 is 10.8 Å². The first-order valence-corrected chi connectivity index (χ1v) is 5.65. The van der Waals surface area contributed by atoms with Crippen LogP contribution in [0.5, 0.6) is 0 Å². The third-order valence-electron chi connectivity index (χ3n) is 2.68. The van der Waals surface area contributed by atoms with Gasteiger partial charge in [-0.3, -0.25) is 9.38 Å². The molecule has 0 bridgehead atoms. The van der Waals surface area contributed by atoms with E-state index < -0.39 is 6.10 Å². The number of hydrogen-bond donors (Lipinski definition) is 2. The molecule has 0 aromatic carbocycles. The van der Waals surface area contributed by atoms with Gasteiger partial charge in [0.1, 0.15) is 11.9 Å². The van der Waals surface area contributed by atoms with Crippen LogP contribution in [0.15, 0.2) is 18.6 Å². The summed E-state index contributed by atoms with van der Waals surface area (Å²) in [6, 6.07) is 0. The van der Waals surface area contributed by atoms with E-state index in [1.54, 1.807) is 12.4 Å². The lowest BCUT2D eigenvalue weighted by Crippen LogP contribution is -2.16. The Morgan fingerprint density at radius 3 is 2.76 bits per heavy atom. The Balaban J connectivity index is 2.71. The largest absolute Gasteiger partial charge is 0.385 e. The number of imidazole rings is 1. The van der Waals surface area contributed by atoms with E-state index in [1.807, 2.05) is 10.6 Å². The van der Waals surface area contributed by atoms with Crippen LogP contribution >= 0.6 is 0 Å². The third-order valence-corrected chi connectivity index (χ3v) is 2.68. The van der Waals surface area contributed by atoms with Gasteiger partial charge in [-0.25, -0.2) is 4.98 Å². The van der Waals surface area contributed by atoms with Gasteiger partial charge in [-0.1, -0.05) is 20.8 Å². The van der Waals surface area contributed by atoms with Crippen LogP contribution in [0.1, 0.15) is 38.4 Å². The number of aliphatic hydroxyl groups is 1. The maximum atomic E-state index is 9.88. The van der Waals surface area contributed by atoms with Crippen molar-refractivity contribution in [3.63, 3.8) is 0 Å². The minimum absolute atomic E-state index is 0.100. The summed E-state index contributed by atoms with van der Waals surface area (Å²) in [6.07, 6.45) is 4.53. The highest BCUT2D eigenvalue weighted by atomic mass is 16.3. The lowest BCUT2D eigenvalue weighted by molar-refractivity contribution is 0.183. The normalized spacial score (nSPS) is 14.2. The first-order valence-electron chi connectivity index (χ1n) is 5.65. The highest BCUT2D eigenvalue weighted by Gasteiger charge is 2.24. The zero-order valence-corrected chi connectivity index (χ0v) is 10.4. The number of aromatic nitrogens is 3. The van der Waals surface area contributed by atoms with Crippen molar-refractivity contribution in [2.45, 2.75) is 32.3 Å². The van der Waals surface area contributed by atoms with E-state index in [9.17, 15) is 5.11 Å². The quantitative estimate of drug-likeness (QED) is 0.813. The van der Waals surface area contributed by atoms with Gasteiger partial charge >= 0.3 is 0 Å². The lowest BCUT2D eigenvalue weighted by Gasteiger charge is -2.16. The van der Waals surface area contributed by atoms with E-state index in [2.05, 4.69) is 30.7 Å². The zero-order chi connectivity index (χ0) is 12.6. The number of fused-ring (bicyclic) bond motifs is 1. The van der Waals surface area contributed by atoms with Crippen LogP contribution in [0.25, 0.3) is 5.52 Å². The molecule has 92 valence electrons. The summed E-state index contributed by atoms with van der Waals surface area (Å²) in [5.41, 5.74) is 6.81. The Hall–Kier alpha value is -1.46. The number of aliphatic hydroxyl groups excluding tert-OH is 1. The van der Waals surface area contributed by atoms with Gasteiger partial charge in [0.2, 0.25) is 0 Å². The van der Waals surface area contributed by atoms with Gasteiger partial charge in [-0.05, 0) is 0 Å². The van der Waals surface area contributed by atoms with Gasteiger partial charge in [0.05, 0.1) is 17.4 Å². The molecule has 17 heavy (non-hydrogen) atoms. The molecule has 2 aromatic heterocycles. The van der Waals surface area contributed by atoms with Crippen LogP contribution in [0.2, 0.25) is 0 Å². The van der Waals surface area contributed by atoms with Crippen molar-refractivity contribution < 1.29 is 5.11 Å². The molecular weight excluding hydrogens is 216 g/mol. The summed E-state index contributed by atoms with van der Waals surface area (Å²) in [4.78, 5) is 8.60. The van der Waals surface area contributed by atoms with Gasteiger partial charge in [0.25, 0.3) is 0 Å². The summed E-state index contributed by atoms with van der Waals surface area (Å²) in [7, 11) is 0. The highest BCUT2D eigenvalue weighted by molar-refractivity contribution is 5.53. The number of nitrogens with two attached hydrogens (primary N) is 1. The van der Waals surface area contributed by atoms with Crippen molar-refractivity contribution in [3.8, 4) is 0 Å². The number of rotatable bonds is 2. The van der Waals surface area contributed by atoms with E-state index in [4.69, 9.17) is 5.73 Å². The van der Waals surface area contributed by atoms with E-state index in [0.717, 1.165) is 11.3 Å². The maximum Gasteiger partial charge on any atom is 0.119 e. The van der Waals surface area contributed by atoms with Gasteiger partial charge in [0.15, 0.2) is 0 Å². The number of hydrogen-bond acceptors (Lipinski definition) is 4. The maximum absolute atomic E-state index is 9.88. The van der Waals surface area contributed by atoms with Crippen molar-refractivity contribution in [2.75, 3.05) is 6.54 Å². The van der Waals surface area contributed by atoms with Crippen LogP contribution < -0.4 is 5.73 Å². The molecule has 2 aromatic rings. The first kappa shape index (κ1) is 12.0. The second-order valence-electron chi connectivity index (χ2n) is 5.15. The topological polar surface area (TPSA) is 76.4 Å². The summed E-state index contributed by atoms with van der Waals surface area (Å²) < 4.78 is 1.96. The second kappa shape index (κ2) is 4.09. The van der Waals surface area contributed by atoms with E-state index in [0.29, 0.717) is 5.69 Å². The molecule has 0 saturated carbocycles. The molecule has 0 saturated heterocycles. The Morgan fingerprint density at radius 2 is 2.18 bits per heavy atom. The first-order chi connectivity index (χ1) is 7.95. The summed E-state index contributed by atoms with van der Waals surface area (Å²) in [5.74, 6) is 0.900. The van der Waals surface area contributed by atoms with Crippen LogP contribution in [0.3, 0.4) is 0 Å². The standard InChI is InChI=1S/C12H18N4O/c1-12(2,3)11-15-10(9(17)6-13)8-7-14-4-5-16(8)11/h4-5,7,9,17H,6,13H2,1-3H3. The second-order valence-corrected chi connectivity index (χ2v) is 5.15. The predicted octanol–water partition coefficient (Wildman–Crippen LogP) is 1.02. The summed E-state index contributed by atoms with van der Waals surface area (Å²) in [5, 5.41) is 9.88. The monoisotopic (exact) mass is 234 g/mol. The van der Waals surface area contributed by atoms with Crippen molar-refractivity contribution in [3.05, 3.63) is 30.1 Å². The Morgan fingerprint density at radius 1 is 1.47 bits per heavy atom. The van der Waals surface area contributed by atoms with Crippen molar-refractivity contribution >= 4 is 5.52 Å². The molecule has 0 spiro atoms. The van der Waals surface area contributed by atoms with Gasteiger partial charge in [-0.2, -0.15) is 0 Å². The average Bonchev–Trinajstić information content (AvgIpc) is 2.67. The fourth-order valence-electron chi connectivity index (χ4n) is 1.85. The minimum Gasteiger partial charge on any atom is -0.385 e. The predicted molar refractivity (Wildman–Crippen MR) is 65.7 cm³/mol. The average molecular weight is 234 g/mol. The molecule has 0 fully saturated rings. The highest BCUT2D eigenvalue weighted by Crippen LogP contribution is 2.26. The molecular formula is C12H18N4O. The fraction of sp³-hybridized carbons (Fsp3) is 0.500. The smallest absolute Gasteiger partial charge is 0.119 e. The molecule has 0 aliphatic rings. The lowest BCUT2D eigenvalue weighted by atomic mass is 9.96. The zero-order valence-electron chi connectivity index (χ0n) is 10.4. The van der Waals surface area contributed by atoms with Gasteiger partial charge in [0, 0.05) is 24.4 Å². The van der Waals surface area contributed by atoms with Crippen molar-refractivity contribution in [1.29, 1.82) is 0 Å². The SMILES string of the molecule is CC(C)(C)c1nc(C(O)CN)c2cnccn12. The molecule has 1 atom stereocenters. The Labute approximate surface area is 100 Å². The van der Waals surface area contributed by atoms with Gasteiger partial charge in [-0.15, -0.1) is 0 Å². The minimum atomic E-state index is -0.745. The molecule has 0 aliphatic heterocycles. The van der Waals surface area contributed by atoms with Crippen LogP contribution in [-0.4, -0.2) is 26.0 Å². The van der Waals surface area contributed by atoms with Crippen LogP contribution in [0, 0.1) is 0 Å². The van der Waals surface area contributed by atoms with E-state index in [1.165, 1.54) is 0 Å². The molecule has 0 aliphatic carbocycles. The molecule has 2 heterocycles. The molecule has 1 unspecified atom stereocenters. The van der Waals surface area contributed by atoms with Crippen molar-refractivity contribution in [2.24, 2.45) is 5.73 Å². The summed E-state index contributed by atoms with van der Waals surface area (Å²) in [6.45, 7) is 6.41. The van der Waals surface area contributed by atoms with Crippen molar-refractivity contribution in [1.82, 2.24) is 14.4 Å². The molecule has 5 heteroatoms. The molecule has 0 radical (unpaired) electrons.